The SMILES string of the molecule is CCN(CC#N)C(=O)c1sccc1C. The summed E-state index contributed by atoms with van der Waals surface area (Å²) in [4.78, 5) is 14.1. The maximum absolute atomic E-state index is 11.8. The number of nitriles is 1. The first-order valence-electron chi connectivity index (χ1n) is 4.41. The van der Waals surface area contributed by atoms with Crippen LogP contribution in [0, 0.1) is 18.3 Å². The van der Waals surface area contributed by atoms with Crippen molar-refractivity contribution in [2.45, 2.75) is 13.8 Å². The maximum Gasteiger partial charge on any atom is 0.265 e. The molecular formula is C10H12N2OS. The number of nitrogens with zero attached hydrogens (tertiary/aromatic N) is 2. The highest BCUT2D eigenvalue weighted by Crippen LogP contribution is 2.17. The molecule has 0 atom stereocenters. The zero-order chi connectivity index (χ0) is 10.6. The molecule has 1 rings (SSSR count). The molecular weight excluding hydrogens is 196 g/mol. The second-order valence-corrected chi connectivity index (χ2v) is 3.83. The zero-order valence-electron chi connectivity index (χ0n) is 8.28. The number of thiophene rings is 1. The molecule has 0 aliphatic heterocycles. The van der Waals surface area contributed by atoms with Crippen molar-refractivity contribution in [1.29, 1.82) is 5.26 Å². The Kier molecular flexibility index (Phi) is 3.66. The van der Waals surface area contributed by atoms with Crippen molar-refractivity contribution in [1.82, 2.24) is 4.90 Å². The van der Waals surface area contributed by atoms with Crippen molar-refractivity contribution in [3.05, 3.63) is 21.9 Å². The highest BCUT2D eigenvalue weighted by Gasteiger charge is 2.16. The number of rotatable bonds is 3. The van der Waals surface area contributed by atoms with E-state index in [4.69, 9.17) is 5.26 Å². The number of aryl methyl sites for hydroxylation is 1. The van der Waals surface area contributed by atoms with Crippen LogP contribution < -0.4 is 0 Å². The molecule has 3 nitrogen and oxygen atoms in total. The molecule has 0 radical (unpaired) electrons. The van der Waals surface area contributed by atoms with Crippen molar-refractivity contribution in [2.24, 2.45) is 0 Å². The summed E-state index contributed by atoms with van der Waals surface area (Å²) in [6.45, 7) is 4.51. The van der Waals surface area contributed by atoms with Crippen molar-refractivity contribution >= 4 is 17.2 Å². The van der Waals surface area contributed by atoms with Gasteiger partial charge in [-0.1, -0.05) is 0 Å². The van der Waals surface area contributed by atoms with Gasteiger partial charge in [0.05, 0.1) is 10.9 Å². The molecule has 0 aromatic carbocycles. The molecule has 1 aromatic heterocycles. The third-order valence-electron chi connectivity index (χ3n) is 1.99. The van der Waals surface area contributed by atoms with Gasteiger partial charge in [-0.25, -0.2) is 0 Å². The van der Waals surface area contributed by atoms with Crippen molar-refractivity contribution < 1.29 is 4.79 Å². The monoisotopic (exact) mass is 208 g/mol. The quantitative estimate of drug-likeness (QED) is 0.713. The topological polar surface area (TPSA) is 44.1 Å². The highest BCUT2D eigenvalue weighted by molar-refractivity contribution is 7.12. The molecule has 0 unspecified atom stereocenters. The van der Waals surface area contributed by atoms with Crippen LogP contribution >= 0.6 is 11.3 Å². The Morgan fingerprint density at radius 2 is 2.43 bits per heavy atom. The average Bonchev–Trinajstić information content (AvgIpc) is 2.59. The third-order valence-corrected chi connectivity index (χ3v) is 2.99. The summed E-state index contributed by atoms with van der Waals surface area (Å²) in [7, 11) is 0. The minimum absolute atomic E-state index is 0.0402. The largest absolute Gasteiger partial charge is 0.325 e. The van der Waals surface area contributed by atoms with Gasteiger partial charge in [0.25, 0.3) is 5.91 Å². The van der Waals surface area contributed by atoms with Crippen LogP contribution in [0.5, 0.6) is 0 Å². The Labute approximate surface area is 87.6 Å². The van der Waals surface area contributed by atoms with Gasteiger partial charge >= 0.3 is 0 Å². The second-order valence-electron chi connectivity index (χ2n) is 2.91. The average molecular weight is 208 g/mol. The number of amides is 1. The number of carbonyl (C=O) groups excluding carboxylic acids is 1. The lowest BCUT2D eigenvalue weighted by Crippen LogP contribution is -2.30. The van der Waals surface area contributed by atoms with E-state index >= 15 is 0 Å². The first-order chi connectivity index (χ1) is 6.70. The minimum atomic E-state index is -0.0402. The summed E-state index contributed by atoms with van der Waals surface area (Å²) >= 11 is 1.43. The lowest BCUT2D eigenvalue weighted by atomic mass is 10.2. The lowest BCUT2D eigenvalue weighted by Gasteiger charge is -2.16. The van der Waals surface area contributed by atoms with Gasteiger partial charge < -0.3 is 4.90 Å². The van der Waals surface area contributed by atoms with Crippen LogP contribution in [-0.2, 0) is 0 Å². The standard InChI is InChI=1S/C10H12N2OS/c1-3-12(6-5-11)10(13)9-8(2)4-7-14-9/h4,7H,3,6H2,1-2H3. The van der Waals surface area contributed by atoms with Crippen LogP contribution in [0.1, 0.15) is 22.2 Å². The molecule has 0 N–H and O–H groups in total. The molecule has 0 aliphatic rings. The predicted molar refractivity (Wildman–Crippen MR) is 56.2 cm³/mol. The normalized spacial score (nSPS) is 9.50. The molecule has 0 spiro atoms. The molecule has 0 bridgehead atoms. The Balaban J connectivity index is 2.84. The Hall–Kier alpha value is -1.34. The lowest BCUT2D eigenvalue weighted by molar-refractivity contribution is 0.0788. The van der Waals surface area contributed by atoms with Gasteiger partial charge in [0, 0.05) is 6.54 Å². The maximum atomic E-state index is 11.8. The summed E-state index contributed by atoms with van der Waals surface area (Å²) in [6, 6.07) is 3.91. The van der Waals surface area contributed by atoms with Crippen LogP contribution in [-0.4, -0.2) is 23.9 Å². The van der Waals surface area contributed by atoms with Gasteiger partial charge in [-0.3, -0.25) is 4.79 Å². The van der Waals surface area contributed by atoms with E-state index < -0.39 is 0 Å². The fourth-order valence-corrected chi connectivity index (χ4v) is 2.04. The first-order valence-corrected chi connectivity index (χ1v) is 5.29. The molecule has 0 saturated heterocycles. The van der Waals surface area contributed by atoms with Crippen LogP contribution in [0.2, 0.25) is 0 Å². The second kappa shape index (κ2) is 4.77. The van der Waals surface area contributed by atoms with Gasteiger partial charge in [0.2, 0.25) is 0 Å². The number of carbonyl (C=O) groups is 1. The molecule has 1 aromatic rings. The minimum Gasteiger partial charge on any atom is -0.325 e. The predicted octanol–water partition coefficient (Wildman–Crippen LogP) is 2.04. The van der Waals surface area contributed by atoms with E-state index in [1.165, 1.54) is 11.3 Å². The van der Waals surface area contributed by atoms with E-state index in [1.54, 1.807) is 4.90 Å². The fraction of sp³-hybridized carbons (Fsp3) is 0.400. The van der Waals surface area contributed by atoms with Crippen molar-refractivity contribution in [3.8, 4) is 6.07 Å². The van der Waals surface area contributed by atoms with Crippen LogP contribution in [0.25, 0.3) is 0 Å². The highest BCUT2D eigenvalue weighted by atomic mass is 32.1. The van der Waals surface area contributed by atoms with Crippen LogP contribution in [0.15, 0.2) is 11.4 Å². The molecule has 14 heavy (non-hydrogen) atoms. The summed E-state index contributed by atoms with van der Waals surface area (Å²) in [5, 5.41) is 10.4. The Bertz CT molecular complexity index is 364. The van der Waals surface area contributed by atoms with Gasteiger partial charge in [-0.2, -0.15) is 5.26 Å². The Morgan fingerprint density at radius 1 is 1.71 bits per heavy atom. The smallest absolute Gasteiger partial charge is 0.265 e. The van der Waals surface area contributed by atoms with E-state index in [-0.39, 0.29) is 12.5 Å². The van der Waals surface area contributed by atoms with Crippen molar-refractivity contribution in [2.75, 3.05) is 13.1 Å². The molecule has 0 aliphatic carbocycles. The van der Waals surface area contributed by atoms with Crippen molar-refractivity contribution in [3.63, 3.8) is 0 Å². The molecule has 0 saturated carbocycles. The first kappa shape index (κ1) is 10.7. The molecule has 74 valence electrons. The zero-order valence-corrected chi connectivity index (χ0v) is 9.10. The molecule has 1 heterocycles. The van der Waals surface area contributed by atoms with Crippen LogP contribution in [0.4, 0.5) is 0 Å². The third kappa shape index (κ3) is 2.12. The van der Waals surface area contributed by atoms with E-state index in [1.807, 2.05) is 31.4 Å². The number of hydrogen-bond donors (Lipinski definition) is 0. The number of hydrogen-bond acceptors (Lipinski definition) is 3. The van der Waals surface area contributed by atoms with Crippen LogP contribution in [0.3, 0.4) is 0 Å². The molecule has 1 amide bonds. The molecule has 4 heteroatoms. The fourth-order valence-electron chi connectivity index (χ4n) is 1.15. The van der Waals surface area contributed by atoms with Gasteiger partial charge in [0.15, 0.2) is 0 Å². The summed E-state index contributed by atoms with van der Waals surface area (Å²) in [5.41, 5.74) is 0.983. The van der Waals surface area contributed by atoms with E-state index in [0.29, 0.717) is 6.54 Å². The van der Waals surface area contributed by atoms with Gasteiger partial charge in [-0.15, -0.1) is 11.3 Å². The Morgan fingerprint density at radius 3 is 2.86 bits per heavy atom. The summed E-state index contributed by atoms with van der Waals surface area (Å²) in [6.07, 6.45) is 0. The van der Waals surface area contributed by atoms with E-state index in [9.17, 15) is 4.79 Å². The summed E-state index contributed by atoms with van der Waals surface area (Å²) < 4.78 is 0. The van der Waals surface area contributed by atoms with E-state index in [2.05, 4.69) is 0 Å². The van der Waals surface area contributed by atoms with Gasteiger partial charge in [-0.05, 0) is 30.9 Å². The molecule has 0 fully saturated rings. The summed E-state index contributed by atoms with van der Waals surface area (Å²) in [5.74, 6) is -0.0402. The van der Waals surface area contributed by atoms with Gasteiger partial charge in [0.1, 0.15) is 6.54 Å². The van der Waals surface area contributed by atoms with E-state index in [0.717, 1.165) is 10.4 Å².